The Labute approximate surface area is 144 Å². The number of piperidine rings is 1. The SMILES string of the molecule is CC(C)C[C@H](NC(=O)OCc1ccccc1)C(=O)N1CCCCC1. The van der Waals surface area contributed by atoms with E-state index in [1.165, 1.54) is 6.42 Å². The zero-order valence-corrected chi connectivity index (χ0v) is 14.7. The summed E-state index contributed by atoms with van der Waals surface area (Å²) in [6.07, 6.45) is 3.34. The van der Waals surface area contributed by atoms with Crippen LogP contribution in [0.3, 0.4) is 0 Å². The van der Waals surface area contributed by atoms with E-state index in [1.807, 2.05) is 49.1 Å². The van der Waals surface area contributed by atoms with Crippen LogP contribution in [0.15, 0.2) is 30.3 Å². The van der Waals surface area contributed by atoms with Gasteiger partial charge in [-0.15, -0.1) is 0 Å². The highest BCUT2D eigenvalue weighted by Crippen LogP contribution is 2.14. The van der Waals surface area contributed by atoms with Gasteiger partial charge in [0.05, 0.1) is 0 Å². The highest BCUT2D eigenvalue weighted by atomic mass is 16.5. The minimum absolute atomic E-state index is 0.0139. The molecule has 0 saturated carbocycles. The molecule has 132 valence electrons. The number of carbonyl (C=O) groups excluding carboxylic acids is 2. The van der Waals surface area contributed by atoms with Crippen LogP contribution in [0.2, 0.25) is 0 Å². The molecule has 0 aromatic heterocycles. The summed E-state index contributed by atoms with van der Waals surface area (Å²) in [5.41, 5.74) is 0.926. The molecule has 1 fully saturated rings. The molecule has 0 aliphatic carbocycles. The maximum Gasteiger partial charge on any atom is 0.408 e. The zero-order chi connectivity index (χ0) is 17.4. The molecular weight excluding hydrogens is 304 g/mol. The second kappa shape index (κ2) is 9.30. The van der Waals surface area contributed by atoms with Gasteiger partial charge in [0.25, 0.3) is 0 Å². The van der Waals surface area contributed by atoms with E-state index in [9.17, 15) is 9.59 Å². The lowest BCUT2D eigenvalue weighted by Crippen LogP contribution is -2.50. The normalized spacial score (nSPS) is 15.9. The van der Waals surface area contributed by atoms with Crippen molar-refractivity contribution in [2.24, 2.45) is 5.92 Å². The Morgan fingerprint density at radius 2 is 1.79 bits per heavy atom. The Morgan fingerprint density at radius 1 is 1.12 bits per heavy atom. The van der Waals surface area contributed by atoms with Gasteiger partial charge in [-0.3, -0.25) is 4.79 Å². The predicted octanol–water partition coefficient (Wildman–Crippen LogP) is 3.34. The second-order valence-electron chi connectivity index (χ2n) is 6.77. The molecule has 1 atom stereocenters. The van der Waals surface area contributed by atoms with Gasteiger partial charge in [-0.2, -0.15) is 0 Å². The van der Waals surface area contributed by atoms with Crippen LogP contribution in [-0.4, -0.2) is 36.0 Å². The molecule has 1 aliphatic rings. The third-order valence-corrected chi connectivity index (χ3v) is 4.18. The van der Waals surface area contributed by atoms with Gasteiger partial charge >= 0.3 is 6.09 Å². The number of nitrogens with one attached hydrogen (secondary N) is 1. The van der Waals surface area contributed by atoms with E-state index in [2.05, 4.69) is 5.32 Å². The molecule has 1 aromatic rings. The van der Waals surface area contributed by atoms with Crippen LogP contribution >= 0.6 is 0 Å². The van der Waals surface area contributed by atoms with Crippen LogP contribution in [-0.2, 0) is 16.1 Å². The molecule has 0 unspecified atom stereocenters. The number of hydrogen-bond donors (Lipinski definition) is 1. The first-order valence-electron chi connectivity index (χ1n) is 8.82. The van der Waals surface area contributed by atoms with Crippen molar-refractivity contribution in [2.75, 3.05) is 13.1 Å². The summed E-state index contributed by atoms with van der Waals surface area (Å²) in [6, 6.07) is 9.01. The zero-order valence-electron chi connectivity index (χ0n) is 14.7. The van der Waals surface area contributed by atoms with Gasteiger partial charge in [-0.25, -0.2) is 4.79 Å². The monoisotopic (exact) mass is 332 g/mol. The fourth-order valence-electron chi connectivity index (χ4n) is 2.93. The summed E-state index contributed by atoms with van der Waals surface area (Å²) in [4.78, 5) is 26.7. The first kappa shape index (κ1) is 18.3. The Bertz CT molecular complexity index is 525. The summed E-state index contributed by atoms with van der Waals surface area (Å²) in [7, 11) is 0. The van der Waals surface area contributed by atoms with Crippen molar-refractivity contribution in [3.63, 3.8) is 0 Å². The number of carbonyl (C=O) groups is 2. The smallest absolute Gasteiger partial charge is 0.408 e. The van der Waals surface area contributed by atoms with Gasteiger partial charge < -0.3 is 15.0 Å². The molecule has 2 amide bonds. The molecular formula is C19H28N2O3. The highest BCUT2D eigenvalue weighted by molar-refractivity contribution is 5.85. The molecule has 5 heteroatoms. The van der Waals surface area contributed by atoms with Crippen LogP contribution in [0, 0.1) is 5.92 Å². The Kier molecular flexibility index (Phi) is 7.09. The standard InChI is InChI=1S/C19H28N2O3/c1-15(2)13-17(18(22)21-11-7-4-8-12-21)20-19(23)24-14-16-9-5-3-6-10-16/h3,5-6,9-10,15,17H,4,7-8,11-14H2,1-2H3,(H,20,23)/t17-/m0/s1. The summed E-state index contributed by atoms with van der Waals surface area (Å²) in [5, 5.41) is 2.76. The molecule has 1 heterocycles. The van der Waals surface area contributed by atoms with Crippen molar-refractivity contribution in [1.29, 1.82) is 0 Å². The molecule has 5 nitrogen and oxygen atoms in total. The molecule has 1 aliphatic heterocycles. The first-order chi connectivity index (χ1) is 11.6. The summed E-state index contributed by atoms with van der Waals surface area (Å²) in [5.74, 6) is 0.332. The topological polar surface area (TPSA) is 58.6 Å². The molecule has 0 spiro atoms. The molecule has 1 N–H and O–H groups in total. The summed E-state index contributed by atoms with van der Waals surface area (Å²) < 4.78 is 5.26. The lowest BCUT2D eigenvalue weighted by atomic mass is 10.0. The lowest BCUT2D eigenvalue weighted by molar-refractivity contribution is -0.134. The van der Waals surface area contributed by atoms with Crippen LogP contribution < -0.4 is 5.32 Å². The van der Waals surface area contributed by atoms with E-state index in [-0.39, 0.29) is 12.5 Å². The van der Waals surface area contributed by atoms with E-state index < -0.39 is 12.1 Å². The van der Waals surface area contributed by atoms with Crippen molar-refractivity contribution < 1.29 is 14.3 Å². The number of nitrogens with zero attached hydrogens (tertiary/aromatic N) is 1. The van der Waals surface area contributed by atoms with Crippen LogP contribution in [0.5, 0.6) is 0 Å². The molecule has 1 saturated heterocycles. The minimum atomic E-state index is -0.533. The van der Waals surface area contributed by atoms with Gasteiger partial charge in [0, 0.05) is 13.1 Å². The number of hydrogen-bond acceptors (Lipinski definition) is 3. The van der Waals surface area contributed by atoms with Crippen LogP contribution in [0.1, 0.15) is 45.1 Å². The van der Waals surface area contributed by atoms with Crippen molar-refractivity contribution >= 4 is 12.0 Å². The van der Waals surface area contributed by atoms with Gasteiger partial charge in [0.1, 0.15) is 12.6 Å². The number of alkyl carbamates (subject to hydrolysis) is 1. The van der Waals surface area contributed by atoms with E-state index in [0.29, 0.717) is 12.3 Å². The molecule has 2 rings (SSSR count). The first-order valence-corrected chi connectivity index (χ1v) is 8.82. The second-order valence-corrected chi connectivity index (χ2v) is 6.77. The van der Waals surface area contributed by atoms with E-state index >= 15 is 0 Å². The molecule has 24 heavy (non-hydrogen) atoms. The van der Waals surface area contributed by atoms with E-state index in [1.54, 1.807) is 0 Å². The molecule has 0 radical (unpaired) electrons. The van der Waals surface area contributed by atoms with Crippen LogP contribution in [0.25, 0.3) is 0 Å². The fourth-order valence-corrected chi connectivity index (χ4v) is 2.93. The van der Waals surface area contributed by atoms with Gasteiger partial charge in [-0.05, 0) is 37.2 Å². The number of likely N-dealkylation sites (tertiary alicyclic amines) is 1. The van der Waals surface area contributed by atoms with E-state index in [0.717, 1.165) is 31.5 Å². The maximum absolute atomic E-state index is 12.7. The third-order valence-electron chi connectivity index (χ3n) is 4.18. The summed E-state index contributed by atoms with van der Waals surface area (Å²) in [6.45, 7) is 5.88. The van der Waals surface area contributed by atoms with Crippen molar-refractivity contribution in [1.82, 2.24) is 10.2 Å². The molecule has 1 aromatic carbocycles. The number of benzene rings is 1. The van der Waals surface area contributed by atoms with Gasteiger partial charge in [-0.1, -0.05) is 44.2 Å². The predicted molar refractivity (Wildman–Crippen MR) is 93.4 cm³/mol. The van der Waals surface area contributed by atoms with Crippen molar-refractivity contribution in [3.8, 4) is 0 Å². The average Bonchev–Trinajstić information content (AvgIpc) is 2.60. The van der Waals surface area contributed by atoms with Gasteiger partial charge in [0.2, 0.25) is 5.91 Å². The Hall–Kier alpha value is -2.04. The van der Waals surface area contributed by atoms with Gasteiger partial charge in [0.15, 0.2) is 0 Å². The minimum Gasteiger partial charge on any atom is -0.445 e. The largest absolute Gasteiger partial charge is 0.445 e. The number of ether oxygens (including phenoxy) is 1. The average molecular weight is 332 g/mol. The van der Waals surface area contributed by atoms with E-state index in [4.69, 9.17) is 4.74 Å². The van der Waals surface area contributed by atoms with Crippen molar-refractivity contribution in [3.05, 3.63) is 35.9 Å². The number of rotatable bonds is 6. The quantitative estimate of drug-likeness (QED) is 0.869. The highest BCUT2D eigenvalue weighted by Gasteiger charge is 2.28. The number of amides is 2. The Morgan fingerprint density at radius 3 is 2.42 bits per heavy atom. The molecule has 0 bridgehead atoms. The lowest BCUT2D eigenvalue weighted by Gasteiger charge is -2.31. The summed E-state index contributed by atoms with van der Waals surface area (Å²) >= 11 is 0. The maximum atomic E-state index is 12.7. The van der Waals surface area contributed by atoms with Crippen LogP contribution in [0.4, 0.5) is 4.79 Å². The van der Waals surface area contributed by atoms with Crippen molar-refractivity contribution in [2.45, 2.75) is 52.2 Å². The Balaban J connectivity index is 1.89. The third kappa shape index (κ3) is 5.87. The fraction of sp³-hybridized carbons (Fsp3) is 0.579.